The van der Waals surface area contributed by atoms with E-state index in [0.29, 0.717) is 25.8 Å². The van der Waals surface area contributed by atoms with Crippen LogP contribution in [0.2, 0.25) is 0 Å². The molecule has 3 rings (SSSR count). The van der Waals surface area contributed by atoms with Crippen molar-refractivity contribution in [3.8, 4) is 0 Å². The number of benzene rings is 1. The van der Waals surface area contributed by atoms with Gasteiger partial charge in [-0.15, -0.1) is 0 Å². The molecule has 2 aliphatic rings. The summed E-state index contributed by atoms with van der Waals surface area (Å²) in [5.74, 6) is -1.89. The monoisotopic (exact) mass is 344 g/mol. The van der Waals surface area contributed by atoms with Gasteiger partial charge in [0.05, 0.1) is 0 Å². The summed E-state index contributed by atoms with van der Waals surface area (Å²) in [6.45, 7) is 0.530. The number of sulfonamides is 1. The van der Waals surface area contributed by atoms with Gasteiger partial charge in [-0.25, -0.2) is 17.2 Å². The fourth-order valence-electron chi connectivity index (χ4n) is 3.60. The lowest BCUT2D eigenvalue weighted by molar-refractivity contribution is -0.124. The van der Waals surface area contributed by atoms with Crippen LogP contribution in [0.3, 0.4) is 0 Å². The zero-order valence-corrected chi connectivity index (χ0v) is 13.4. The van der Waals surface area contributed by atoms with Crippen molar-refractivity contribution < 1.29 is 22.0 Å². The van der Waals surface area contributed by atoms with Gasteiger partial charge >= 0.3 is 0 Å². The first-order valence-electron chi connectivity index (χ1n) is 7.49. The summed E-state index contributed by atoms with van der Waals surface area (Å²) in [5, 5.41) is 2.77. The van der Waals surface area contributed by atoms with Crippen LogP contribution in [0.1, 0.15) is 19.3 Å². The third-order valence-corrected chi connectivity index (χ3v) is 6.86. The molecule has 1 aromatic carbocycles. The Balaban J connectivity index is 1.85. The van der Waals surface area contributed by atoms with Gasteiger partial charge in [-0.05, 0) is 36.8 Å². The van der Waals surface area contributed by atoms with E-state index in [2.05, 4.69) is 5.32 Å². The average Bonchev–Trinajstić information content (AvgIpc) is 2.88. The molecule has 1 N–H and O–H groups in total. The van der Waals surface area contributed by atoms with E-state index >= 15 is 0 Å². The summed E-state index contributed by atoms with van der Waals surface area (Å²) >= 11 is 0. The summed E-state index contributed by atoms with van der Waals surface area (Å²) in [5.41, 5.74) is 0. The molecular weight excluding hydrogens is 326 g/mol. The molecule has 1 heterocycles. The van der Waals surface area contributed by atoms with E-state index in [1.54, 1.807) is 0 Å². The first kappa shape index (κ1) is 16.3. The number of carbonyl (C=O) groups excluding carboxylic acids is 1. The van der Waals surface area contributed by atoms with Crippen LogP contribution in [0.15, 0.2) is 23.1 Å². The van der Waals surface area contributed by atoms with Crippen LogP contribution in [0.25, 0.3) is 0 Å². The van der Waals surface area contributed by atoms with Gasteiger partial charge in [0.25, 0.3) is 0 Å². The molecule has 1 amide bonds. The third kappa shape index (κ3) is 2.85. The second kappa shape index (κ2) is 5.83. The van der Waals surface area contributed by atoms with Crippen LogP contribution in [0.5, 0.6) is 0 Å². The van der Waals surface area contributed by atoms with E-state index in [0.717, 1.165) is 22.5 Å². The smallest absolute Gasteiger partial charge is 0.248 e. The topological polar surface area (TPSA) is 66.5 Å². The molecule has 0 bridgehead atoms. The zero-order valence-electron chi connectivity index (χ0n) is 12.6. The molecule has 5 nitrogen and oxygen atoms in total. The lowest BCUT2D eigenvalue weighted by Crippen LogP contribution is -2.38. The molecule has 23 heavy (non-hydrogen) atoms. The van der Waals surface area contributed by atoms with Gasteiger partial charge in [-0.3, -0.25) is 4.79 Å². The molecule has 8 heteroatoms. The maximum atomic E-state index is 13.8. The quantitative estimate of drug-likeness (QED) is 0.904. The molecule has 0 aromatic heterocycles. The standard InChI is InChI=1S/C15H18F2N2O3S/c1-19(11-5-9-7-14(20)18-8-10(9)6-11)23(21,22)15-12(16)3-2-4-13(15)17/h2-4,9-11H,5-8H2,1H3,(H,18,20)/t9-,10+,11-/m0/s1. The van der Waals surface area contributed by atoms with Crippen molar-refractivity contribution in [3.05, 3.63) is 29.8 Å². The number of nitrogens with one attached hydrogen (secondary N) is 1. The number of fused-ring (bicyclic) bond motifs is 1. The molecule has 2 fully saturated rings. The Labute approximate surface area is 133 Å². The molecule has 1 aromatic rings. The van der Waals surface area contributed by atoms with E-state index in [4.69, 9.17) is 0 Å². The minimum Gasteiger partial charge on any atom is -0.356 e. The Morgan fingerprint density at radius 1 is 1.17 bits per heavy atom. The van der Waals surface area contributed by atoms with Crippen molar-refractivity contribution >= 4 is 15.9 Å². The Morgan fingerprint density at radius 3 is 2.43 bits per heavy atom. The molecule has 3 atom stereocenters. The van der Waals surface area contributed by atoms with Crippen molar-refractivity contribution in [1.29, 1.82) is 0 Å². The Kier molecular flexibility index (Phi) is 4.14. The van der Waals surface area contributed by atoms with Gasteiger partial charge < -0.3 is 5.32 Å². The highest BCUT2D eigenvalue weighted by molar-refractivity contribution is 7.89. The summed E-state index contributed by atoms with van der Waals surface area (Å²) in [7, 11) is -2.92. The predicted molar refractivity (Wildman–Crippen MR) is 78.9 cm³/mol. The fraction of sp³-hybridized carbons (Fsp3) is 0.533. The number of hydrogen-bond acceptors (Lipinski definition) is 3. The van der Waals surface area contributed by atoms with Gasteiger partial charge in [-0.2, -0.15) is 4.31 Å². The number of piperidine rings is 1. The average molecular weight is 344 g/mol. The van der Waals surface area contributed by atoms with Gasteiger partial charge in [0.2, 0.25) is 15.9 Å². The van der Waals surface area contributed by atoms with E-state index in [9.17, 15) is 22.0 Å². The third-order valence-electron chi connectivity index (χ3n) is 4.90. The Hall–Kier alpha value is -1.54. The second-order valence-electron chi connectivity index (χ2n) is 6.23. The van der Waals surface area contributed by atoms with Crippen LogP contribution < -0.4 is 5.32 Å². The van der Waals surface area contributed by atoms with E-state index < -0.39 is 26.6 Å². The maximum absolute atomic E-state index is 13.8. The minimum absolute atomic E-state index is 0.0300. The normalized spacial score (nSPS) is 27.8. The molecule has 0 unspecified atom stereocenters. The van der Waals surface area contributed by atoms with Crippen LogP contribution in [-0.4, -0.2) is 38.3 Å². The number of amides is 1. The van der Waals surface area contributed by atoms with Crippen molar-refractivity contribution in [2.24, 2.45) is 11.8 Å². The van der Waals surface area contributed by atoms with Crippen molar-refractivity contribution in [3.63, 3.8) is 0 Å². The Morgan fingerprint density at radius 2 is 1.78 bits per heavy atom. The van der Waals surface area contributed by atoms with E-state index in [1.165, 1.54) is 7.05 Å². The van der Waals surface area contributed by atoms with E-state index in [-0.39, 0.29) is 23.8 Å². The first-order valence-corrected chi connectivity index (χ1v) is 8.93. The molecule has 1 aliphatic heterocycles. The van der Waals surface area contributed by atoms with Crippen LogP contribution >= 0.6 is 0 Å². The predicted octanol–water partition coefficient (Wildman–Crippen LogP) is 1.50. The van der Waals surface area contributed by atoms with Gasteiger partial charge in [0.15, 0.2) is 4.90 Å². The molecule has 0 radical (unpaired) electrons. The van der Waals surface area contributed by atoms with Gasteiger partial charge in [0, 0.05) is 26.1 Å². The van der Waals surface area contributed by atoms with Crippen molar-refractivity contribution in [2.45, 2.75) is 30.2 Å². The van der Waals surface area contributed by atoms with Crippen molar-refractivity contribution in [1.82, 2.24) is 9.62 Å². The molecule has 0 spiro atoms. The van der Waals surface area contributed by atoms with E-state index in [1.807, 2.05) is 0 Å². The van der Waals surface area contributed by atoms with Crippen LogP contribution in [0, 0.1) is 23.5 Å². The van der Waals surface area contributed by atoms with Crippen LogP contribution in [0.4, 0.5) is 8.78 Å². The van der Waals surface area contributed by atoms with Gasteiger partial charge in [-0.1, -0.05) is 6.07 Å². The first-order chi connectivity index (χ1) is 10.8. The highest BCUT2D eigenvalue weighted by atomic mass is 32.2. The molecule has 126 valence electrons. The summed E-state index contributed by atoms with van der Waals surface area (Å²) < 4.78 is 53.9. The van der Waals surface area contributed by atoms with Crippen LogP contribution in [-0.2, 0) is 14.8 Å². The maximum Gasteiger partial charge on any atom is 0.248 e. The second-order valence-corrected chi connectivity index (χ2v) is 8.16. The molecule has 1 saturated carbocycles. The highest BCUT2D eigenvalue weighted by Gasteiger charge is 2.43. The lowest BCUT2D eigenvalue weighted by atomic mass is 9.89. The summed E-state index contributed by atoms with van der Waals surface area (Å²) in [4.78, 5) is 10.5. The number of nitrogens with zero attached hydrogens (tertiary/aromatic N) is 1. The minimum atomic E-state index is -4.26. The Bertz CT molecular complexity index is 718. The summed E-state index contributed by atoms with van der Waals surface area (Å²) in [6.07, 6.45) is 1.49. The zero-order chi connectivity index (χ0) is 16.8. The molecular formula is C15H18F2N2O3S. The molecule has 1 saturated heterocycles. The summed E-state index contributed by atoms with van der Waals surface area (Å²) in [6, 6.07) is 2.63. The molecule has 1 aliphatic carbocycles. The largest absolute Gasteiger partial charge is 0.356 e. The number of carbonyl (C=O) groups is 1. The number of rotatable bonds is 3. The number of hydrogen-bond donors (Lipinski definition) is 1. The highest BCUT2D eigenvalue weighted by Crippen LogP contribution is 2.39. The lowest BCUT2D eigenvalue weighted by Gasteiger charge is -2.24. The SMILES string of the molecule is CN([C@H]1C[C@H]2CC(=O)NC[C@H]2C1)S(=O)(=O)c1c(F)cccc1F. The fourth-order valence-corrected chi connectivity index (χ4v) is 5.08. The number of halogens is 2. The van der Waals surface area contributed by atoms with Crippen molar-refractivity contribution in [2.75, 3.05) is 13.6 Å². The van der Waals surface area contributed by atoms with Gasteiger partial charge in [0.1, 0.15) is 11.6 Å².